The molecule has 0 bridgehead atoms. The van der Waals surface area contributed by atoms with Crippen LogP contribution in [0.2, 0.25) is 0 Å². The average molecular weight is 505 g/mol. The van der Waals surface area contributed by atoms with Crippen molar-refractivity contribution in [3.8, 4) is 5.75 Å². The Bertz CT molecular complexity index is 1460. The third-order valence-electron chi connectivity index (χ3n) is 5.87. The number of anilines is 2. The van der Waals surface area contributed by atoms with E-state index in [0.717, 1.165) is 22.4 Å². The molecule has 0 heterocycles. The maximum absolute atomic E-state index is 13.4. The number of benzene rings is 4. The minimum absolute atomic E-state index is 0.174. The van der Waals surface area contributed by atoms with Gasteiger partial charge in [-0.1, -0.05) is 72.3 Å². The summed E-state index contributed by atoms with van der Waals surface area (Å²) in [6.45, 7) is 1.99. The molecule has 2 N–H and O–H groups in total. The molecule has 4 aromatic rings. The van der Waals surface area contributed by atoms with Crippen molar-refractivity contribution < 1.29 is 19.1 Å². The third kappa shape index (κ3) is 7.04. The van der Waals surface area contributed by atoms with Crippen LogP contribution in [0, 0.1) is 6.92 Å². The van der Waals surface area contributed by atoms with E-state index in [4.69, 9.17) is 4.74 Å². The monoisotopic (exact) mass is 504 g/mol. The molecule has 0 unspecified atom stereocenters. The van der Waals surface area contributed by atoms with E-state index in [-0.39, 0.29) is 29.6 Å². The molecule has 38 heavy (non-hydrogen) atoms. The Kier molecular flexibility index (Phi) is 8.46. The molecule has 0 aliphatic rings. The van der Waals surface area contributed by atoms with E-state index in [0.29, 0.717) is 16.9 Å². The summed E-state index contributed by atoms with van der Waals surface area (Å²) in [5, 5.41) is 5.66. The first-order chi connectivity index (χ1) is 18.4. The molecule has 6 heteroatoms. The topological polar surface area (TPSA) is 84.5 Å². The zero-order valence-electron chi connectivity index (χ0n) is 21.2. The van der Waals surface area contributed by atoms with Crippen molar-refractivity contribution in [3.05, 3.63) is 131 Å². The molecule has 0 saturated heterocycles. The molecule has 0 aromatic heterocycles. The fraction of sp³-hybridized carbons (Fsp3) is 0.0938. The molecule has 0 aliphatic heterocycles. The van der Waals surface area contributed by atoms with Gasteiger partial charge in [0.1, 0.15) is 5.75 Å². The van der Waals surface area contributed by atoms with E-state index < -0.39 is 0 Å². The second-order valence-electron chi connectivity index (χ2n) is 8.76. The second-order valence-corrected chi connectivity index (χ2v) is 8.76. The summed E-state index contributed by atoms with van der Waals surface area (Å²) in [5.74, 6) is -0.125. The van der Waals surface area contributed by atoms with Gasteiger partial charge >= 0.3 is 0 Å². The van der Waals surface area contributed by atoms with Crippen molar-refractivity contribution in [2.75, 3.05) is 17.7 Å². The summed E-state index contributed by atoms with van der Waals surface area (Å²) in [6.07, 6.45) is 3.27. The highest BCUT2D eigenvalue weighted by molar-refractivity contribution is 6.15. The molecular weight excluding hydrogens is 476 g/mol. The number of hydrogen-bond acceptors (Lipinski definition) is 4. The molecule has 6 nitrogen and oxygen atoms in total. The maximum Gasteiger partial charge on any atom is 0.248 e. The summed E-state index contributed by atoms with van der Waals surface area (Å²) in [6, 6.07) is 28.7. The van der Waals surface area contributed by atoms with Crippen molar-refractivity contribution in [1.29, 1.82) is 0 Å². The molecule has 0 radical (unpaired) electrons. The predicted octanol–water partition coefficient (Wildman–Crippen LogP) is 6.07. The highest BCUT2D eigenvalue weighted by Gasteiger charge is 2.17. The molecule has 4 aromatic carbocycles. The molecule has 0 aliphatic carbocycles. The van der Waals surface area contributed by atoms with Gasteiger partial charge in [-0.2, -0.15) is 0 Å². The van der Waals surface area contributed by atoms with Crippen molar-refractivity contribution in [2.24, 2.45) is 0 Å². The van der Waals surface area contributed by atoms with Crippen LogP contribution in [-0.2, 0) is 16.0 Å². The van der Waals surface area contributed by atoms with Gasteiger partial charge in [0.15, 0.2) is 5.78 Å². The summed E-state index contributed by atoms with van der Waals surface area (Å²) in [7, 11) is 1.59. The summed E-state index contributed by atoms with van der Waals surface area (Å²) in [4.78, 5) is 38.7. The quantitative estimate of drug-likeness (QED) is 0.214. The fourth-order valence-corrected chi connectivity index (χ4v) is 3.82. The van der Waals surface area contributed by atoms with Crippen molar-refractivity contribution in [1.82, 2.24) is 0 Å². The van der Waals surface area contributed by atoms with Crippen LogP contribution in [0.5, 0.6) is 5.75 Å². The summed E-state index contributed by atoms with van der Waals surface area (Å²) < 4.78 is 5.15. The summed E-state index contributed by atoms with van der Waals surface area (Å²) in [5.41, 5.74) is 4.40. The number of ether oxygens (including phenoxy) is 1. The number of carbonyl (C=O) groups excluding carboxylic acids is 3. The van der Waals surface area contributed by atoms with E-state index in [2.05, 4.69) is 10.6 Å². The standard InChI is InChI=1S/C32H28N2O4/c1-22-8-10-24(11-9-22)20-31(36)34-29-18-15-26(21-28(29)32(37)25-6-4-3-5-7-25)33-30(35)19-14-23-12-16-27(38-2)17-13-23/h3-19,21H,20H2,1-2H3,(H,33,35)(H,34,36)/b19-14+. The van der Waals surface area contributed by atoms with E-state index in [9.17, 15) is 14.4 Å². The van der Waals surface area contributed by atoms with Crippen LogP contribution < -0.4 is 15.4 Å². The van der Waals surface area contributed by atoms with Gasteiger partial charge in [-0.3, -0.25) is 14.4 Å². The smallest absolute Gasteiger partial charge is 0.248 e. The van der Waals surface area contributed by atoms with Gasteiger partial charge in [-0.25, -0.2) is 0 Å². The van der Waals surface area contributed by atoms with Gasteiger partial charge in [-0.15, -0.1) is 0 Å². The minimum atomic E-state index is -0.352. The molecular formula is C32H28N2O4. The SMILES string of the molecule is COc1ccc(/C=C/C(=O)Nc2ccc(NC(=O)Cc3ccc(C)cc3)c(C(=O)c3ccccc3)c2)cc1. The average Bonchev–Trinajstić information content (AvgIpc) is 2.94. The normalized spacial score (nSPS) is 10.7. The Morgan fingerprint density at radius 2 is 1.53 bits per heavy atom. The van der Waals surface area contributed by atoms with Crippen molar-refractivity contribution in [2.45, 2.75) is 13.3 Å². The van der Waals surface area contributed by atoms with E-state index in [1.54, 1.807) is 55.7 Å². The fourth-order valence-electron chi connectivity index (χ4n) is 3.82. The molecule has 0 spiro atoms. The van der Waals surface area contributed by atoms with Gasteiger partial charge in [0.25, 0.3) is 0 Å². The molecule has 2 amide bonds. The van der Waals surface area contributed by atoms with Crippen LogP contribution in [0.25, 0.3) is 6.08 Å². The maximum atomic E-state index is 13.4. The molecule has 190 valence electrons. The Morgan fingerprint density at radius 3 is 2.21 bits per heavy atom. The zero-order chi connectivity index (χ0) is 26.9. The lowest BCUT2D eigenvalue weighted by Crippen LogP contribution is -2.18. The Balaban J connectivity index is 1.53. The Morgan fingerprint density at radius 1 is 0.816 bits per heavy atom. The molecule has 0 fully saturated rings. The van der Waals surface area contributed by atoms with Crippen molar-refractivity contribution in [3.63, 3.8) is 0 Å². The number of nitrogens with one attached hydrogen (secondary N) is 2. The van der Waals surface area contributed by atoms with Gasteiger partial charge in [0.2, 0.25) is 11.8 Å². The van der Waals surface area contributed by atoms with Crippen LogP contribution in [-0.4, -0.2) is 24.7 Å². The minimum Gasteiger partial charge on any atom is -0.497 e. The van der Waals surface area contributed by atoms with Gasteiger partial charge in [0.05, 0.1) is 19.2 Å². The Hall–Kier alpha value is -4.97. The first-order valence-corrected chi connectivity index (χ1v) is 12.1. The number of aryl methyl sites for hydroxylation is 1. The lowest BCUT2D eigenvalue weighted by atomic mass is 10.0. The lowest BCUT2D eigenvalue weighted by Gasteiger charge is -2.13. The number of methoxy groups -OCH3 is 1. The number of ketones is 1. The van der Waals surface area contributed by atoms with Crippen LogP contribution in [0.1, 0.15) is 32.6 Å². The van der Waals surface area contributed by atoms with E-state index >= 15 is 0 Å². The predicted molar refractivity (Wildman–Crippen MR) is 150 cm³/mol. The number of carbonyl (C=O) groups is 3. The summed E-state index contributed by atoms with van der Waals surface area (Å²) >= 11 is 0. The first kappa shape index (κ1) is 26.1. The molecule has 4 rings (SSSR count). The van der Waals surface area contributed by atoms with E-state index in [1.165, 1.54) is 6.08 Å². The van der Waals surface area contributed by atoms with Gasteiger partial charge < -0.3 is 15.4 Å². The number of hydrogen-bond donors (Lipinski definition) is 2. The molecule has 0 saturated carbocycles. The molecule has 0 atom stereocenters. The van der Waals surface area contributed by atoms with Gasteiger partial charge in [-0.05, 0) is 54.5 Å². The third-order valence-corrected chi connectivity index (χ3v) is 5.87. The first-order valence-electron chi connectivity index (χ1n) is 12.1. The van der Waals surface area contributed by atoms with E-state index in [1.807, 2.05) is 61.5 Å². The number of amides is 2. The van der Waals surface area contributed by atoms with Crippen LogP contribution in [0.15, 0.2) is 103 Å². The van der Waals surface area contributed by atoms with Gasteiger partial charge in [0, 0.05) is 22.9 Å². The van der Waals surface area contributed by atoms with Crippen molar-refractivity contribution >= 4 is 35.0 Å². The Labute approximate surface area is 222 Å². The zero-order valence-corrected chi connectivity index (χ0v) is 21.2. The van der Waals surface area contributed by atoms with Crippen LogP contribution in [0.3, 0.4) is 0 Å². The number of rotatable bonds is 9. The highest BCUT2D eigenvalue weighted by Crippen LogP contribution is 2.24. The van der Waals surface area contributed by atoms with Crippen LogP contribution >= 0.6 is 0 Å². The largest absolute Gasteiger partial charge is 0.497 e. The lowest BCUT2D eigenvalue weighted by molar-refractivity contribution is -0.115. The second kappa shape index (κ2) is 12.3. The highest BCUT2D eigenvalue weighted by atomic mass is 16.5. The van der Waals surface area contributed by atoms with Crippen LogP contribution in [0.4, 0.5) is 11.4 Å².